The maximum absolute atomic E-state index is 10.2. The zero-order valence-corrected chi connectivity index (χ0v) is 11.4. The molecule has 0 fully saturated rings. The molecular formula is C9H9NO9Tc. The minimum atomic E-state index is -1.70. The summed E-state index contributed by atoms with van der Waals surface area (Å²) in [6.45, 7) is 12.7. The molecule has 1 radical (unpaired) electrons. The number of rotatable bonds is 6. The van der Waals surface area contributed by atoms with E-state index in [0.717, 1.165) is 0 Å². The Morgan fingerprint density at radius 3 is 1.50 bits per heavy atom. The molecule has 0 aromatic rings. The Hall–Kier alpha value is -1.76. The normalized spacial score (nSPS) is 8.10. The number of carbonyl (C=O) groups is 3. The van der Waals surface area contributed by atoms with E-state index in [-0.39, 0.29) is 24.4 Å². The van der Waals surface area contributed by atoms with E-state index in [1.165, 1.54) is 0 Å². The molecule has 0 aromatic heterocycles. The second kappa shape index (κ2) is 25.9. The van der Waals surface area contributed by atoms with Gasteiger partial charge in [0.1, 0.15) is 0 Å². The van der Waals surface area contributed by atoms with Gasteiger partial charge in [0.05, 0.1) is 18.0 Å². The molecule has 0 saturated heterocycles. The van der Waals surface area contributed by atoms with Crippen molar-refractivity contribution in [2.24, 2.45) is 0 Å². The van der Waals surface area contributed by atoms with Crippen molar-refractivity contribution in [2.45, 2.75) is 12.5 Å². The fraction of sp³-hybridized carbons (Fsp3) is 0.333. The van der Waals surface area contributed by atoms with E-state index in [9.17, 15) is 29.7 Å². The second-order valence-electron chi connectivity index (χ2n) is 2.20. The van der Waals surface area contributed by atoms with Crippen molar-refractivity contribution in [2.75, 3.05) is 6.54 Å². The summed E-state index contributed by atoms with van der Waals surface area (Å²) >= 11 is 0. The van der Waals surface area contributed by atoms with Gasteiger partial charge >= 0.3 is 38.2 Å². The van der Waals surface area contributed by atoms with Crippen molar-refractivity contribution >= 4 is 17.9 Å². The van der Waals surface area contributed by atoms with Gasteiger partial charge < -0.3 is 35.0 Å². The molecule has 0 saturated carbocycles. The maximum atomic E-state index is 10.2. The van der Waals surface area contributed by atoms with Gasteiger partial charge in [0, 0.05) is 39.0 Å². The third-order valence-corrected chi connectivity index (χ3v) is 1.15. The van der Waals surface area contributed by atoms with E-state index in [1.54, 1.807) is 0 Å². The van der Waals surface area contributed by atoms with Crippen molar-refractivity contribution < 1.29 is 68.0 Å². The van der Waals surface area contributed by atoms with E-state index in [4.69, 9.17) is 14.0 Å². The van der Waals surface area contributed by atoms with E-state index >= 15 is 0 Å². The van der Waals surface area contributed by atoms with E-state index < -0.39 is 36.9 Å². The summed E-state index contributed by atoms with van der Waals surface area (Å²) in [4.78, 5) is 30.0. The predicted octanol–water partition coefficient (Wildman–Crippen LogP) is -5.19. The van der Waals surface area contributed by atoms with Crippen LogP contribution in [0.25, 0.3) is 0 Å². The van der Waals surface area contributed by atoms with Crippen LogP contribution in [0.1, 0.15) is 10.7 Å². The molecule has 0 aromatic carbocycles. The summed E-state index contributed by atoms with van der Waals surface area (Å²) < 4.78 is 22.5. The molecule has 0 spiro atoms. The SMILES string of the molecule is O=C([O-])CN[C@@H](CC(=O)[O-])C(=O)[O-].[99Tc].[C-]#[O+].[C-]#[O+].[C-]#[O+].[H+].[H+].[H+]. The number of carbonyl (C=O) groups excluding carboxylic acids is 3. The number of carboxylic acids is 3. The Bertz CT molecular complexity index is 335. The summed E-state index contributed by atoms with van der Waals surface area (Å²) in [7, 11) is 0. The molecule has 0 aliphatic heterocycles. The minimum Gasteiger partial charge on any atom is 1.00 e. The van der Waals surface area contributed by atoms with Crippen LogP contribution in [-0.2, 0) is 48.4 Å². The number of hydrogen-bond acceptors (Lipinski definition) is 7. The van der Waals surface area contributed by atoms with Crippen LogP contribution in [0.3, 0.4) is 0 Å². The van der Waals surface area contributed by atoms with Gasteiger partial charge in [0.2, 0.25) is 0 Å². The van der Waals surface area contributed by atoms with E-state index in [2.05, 4.69) is 20.0 Å². The average Bonchev–Trinajstić information content (AvgIpc) is 2.40. The molecule has 1 atom stereocenters. The van der Waals surface area contributed by atoms with Gasteiger partial charge in [-0.3, -0.25) is 0 Å². The van der Waals surface area contributed by atoms with Crippen LogP contribution >= 0.6 is 0 Å². The van der Waals surface area contributed by atoms with Crippen LogP contribution in [0.2, 0.25) is 0 Å². The number of hydrogen-bond donors (Lipinski definition) is 1. The van der Waals surface area contributed by atoms with Gasteiger partial charge in [-0.15, -0.1) is 0 Å². The van der Waals surface area contributed by atoms with Crippen molar-refractivity contribution in [1.82, 2.24) is 5.32 Å². The molecule has 20 heavy (non-hydrogen) atoms. The van der Waals surface area contributed by atoms with Gasteiger partial charge in [0.25, 0.3) is 0 Å². The fourth-order valence-corrected chi connectivity index (χ4v) is 0.612. The maximum Gasteiger partial charge on any atom is 1.00 e. The van der Waals surface area contributed by atoms with Gasteiger partial charge in [-0.1, -0.05) is 0 Å². The van der Waals surface area contributed by atoms with Crippen molar-refractivity contribution in [3.8, 4) is 0 Å². The Labute approximate surface area is 131 Å². The average molecular weight is 374 g/mol. The Kier molecular flexibility index (Phi) is 40.1. The number of aliphatic carboxylic acids is 3. The molecule has 0 aliphatic rings. The number of carboxylic acid groups (broad SMARTS) is 3. The Balaban J connectivity index is -0.0000000336. The van der Waals surface area contributed by atoms with Gasteiger partial charge in [-0.25, -0.2) is 0 Å². The molecule has 111 valence electrons. The second-order valence-corrected chi connectivity index (χ2v) is 2.20. The first-order valence-electron chi connectivity index (χ1n) is 3.88. The molecular weight excluding hydrogens is 365 g/mol. The third-order valence-electron chi connectivity index (χ3n) is 1.15. The number of nitrogens with one attached hydrogen (secondary N) is 1. The first kappa shape index (κ1) is 30.9. The minimum absolute atomic E-state index is 0. The first-order valence-corrected chi connectivity index (χ1v) is 3.88. The van der Waals surface area contributed by atoms with Gasteiger partial charge in [-0.05, 0) is 0 Å². The molecule has 0 rings (SSSR count). The van der Waals surface area contributed by atoms with Crippen LogP contribution in [-0.4, -0.2) is 30.5 Å². The predicted molar refractivity (Wildman–Crippen MR) is 46.6 cm³/mol. The van der Waals surface area contributed by atoms with Crippen molar-refractivity contribution in [1.29, 1.82) is 0 Å². The summed E-state index contributed by atoms with van der Waals surface area (Å²) in [5, 5.41) is 31.9. The summed E-state index contributed by atoms with van der Waals surface area (Å²) in [5.41, 5.74) is 0. The molecule has 0 aliphatic carbocycles. The summed E-state index contributed by atoms with van der Waals surface area (Å²) in [6.07, 6.45) is -0.852. The quantitative estimate of drug-likeness (QED) is 0.354. The molecule has 1 N–H and O–H groups in total. The van der Waals surface area contributed by atoms with Crippen LogP contribution in [0.4, 0.5) is 0 Å². The van der Waals surface area contributed by atoms with Crippen LogP contribution in [0, 0.1) is 20.0 Å². The summed E-state index contributed by atoms with van der Waals surface area (Å²) in [6, 6.07) is -1.58. The zero-order valence-electron chi connectivity index (χ0n) is 12.5. The molecule has 0 amide bonds. The topological polar surface area (TPSA) is 192 Å². The van der Waals surface area contributed by atoms with Gasteiger partial charge in [0.15, 0.2) is 0 Å². The third kappa shape index (κ3) is 29.9. The van der Waals surface area contributed by atoms with Crippen LogP contribution in [0.5, 0.6) is 0 Å². The zero-order chi connectivity index (χ0) is 16.4. The van der Waals surface area contributed by atoms with Gasteiger partial charge in [-0.2, -0.15) is 0 Å². The molecule has 0 unspecified atom stereocenters. The standard InChI is InChI=1S/C6H9NO6.3CO.Tc/c8-4(9)1-3(6(12)13)7-2-5(10)11;3*1-2;/h3,7H,1-2H2,(H,8,9)(H,10,11)(H,12,13);;;;/t3-;;;;/m0..../s1/i;;;;1+1. The van der Waals surface area contributed by atoms with Crippen molar-refractivity contribution in [3.05, 3.63) is 20.0 Å². The van der Waals surface area contributed by atoms with E-state index in [1.807, 2.05) is 5.32 Å². The fourth-order valence-electron chi connectivity index (χ4n) is 0.612. The summed E-state index contributed by atoms with van der Waals surface area (Å²) in [5.74, 6) is -4.85. The largest absolute Gasteiger partial charge is 1.00 e. The van der Waals surface area contributed by atoms with Crippen LogP contribution in [0.15, 0.2) is 0 Å². The van der Waals surface area contributed by atoms with E-state index in [0.29, 0.717) is 0 Å². The monoisotopic (exact) mass is 374 g/mol. The molecule has 0 bridgehead atoms. The van der Waals surface area contributed by atoms with Crippen LogP contribution < -0.4 is 20.6 Å². The van der Waals surface area contributed by atoms with Crippen molar-refractivity contribution in [3.63, 3.8) is 0 Å². The molecule has 11 heteroatoms. The first-order chi connectivity index (χ1) is 8.93. The Morgan fingerprint density at radius 1 is 0.950 bits per heavy atom. The molecule has 10 nitrogen and oxygen atoms in total. The molecule has 0 heterocycles. The smallest absolute Gasteiger partial charge is 1.00 e. The Morgan fingerprint density at radius 2 is 1.30 bits per heavy atom.